The van der Waals surface area contributed by atoms with Crippen molar-refractivity contribution in [2.75, 3.05) is 45.8 Å². The van der Waals surface area contributed by atoms with Gasteiger partial charge in [0.2, 0.25) is 5.91 Å². The number of carbonyl (C=O) groups excluding carboxylic acids is 2. The molecule has 3 amide bonds. The normalized spacial score (nSPS) is 24.3. The van der Waals surface area contributed by atoms with E-state index in [1.54, 1.807) is 4.90 Å². The van der Waals surface area contributed by atoms with Crippen LogP contribution in [0.5, 0.6) is 0 Å². The fraction of sp³-hybridized carbons (Fsp3) is 0.889. The van der Waals surface area contributed by atoms with Crippen molar-refractivity contribution < 1.29 is 9.59 Å². The molecule has 136 valence electrons. The molecule has 0 aliphatic carbocycles. The number of nitrogens with zero attached hydrogens (tertiary/aromatic N) is 4. The molecular weight excluding hydrogens is 304 g/mol. The van der Waals surface area contributed by atoms with E-state index in [4.69, 9.17) is 0 Å². The van der Waals surface area contributed by atoms with Crippen LogP contribution in [-0.2, 0) is 4.79 Å². The maximum absolute atomic E-state index is 12.9. The van der Waals surface area contributed by atoms with Crippen LogP contribution in [0.2, 0.25) is 0 Å². The van der Waals surface area contributed by atoms with E-state index in [0.29, 0.717) is 12.1 Å². The molecule has 0 aromatic heterocycles. The molecule has 3 aliphatic heterocycles. The highest BCUT2D eigenvalue weighted by Gasteiger charge is 2.34. The number of carbonyl (C=O) groups is 2. The minimum atomic E-state index is 0.0804. The number of hydrogen-bond donors (Lipinski definition) is 0. The zero-order valence-corrected chi connectivity index (χ0v) is 15.2. The van der Waals surface area contributed by atoms with E-state index in [2.05, 4.69) is 18.7 Å². The molecule has 0 radical (unpaired) electrons. The first-order valence-corrected chi connectivity index (χ1v) is 9.63. The molecule has 6 nitrogen and oxygen atoms in total. The van der Waals surface area contributed by atoms with Crippen molar-refractivity contribution in [1.29, 1.82) is 0 Å². The smallest absolute Gasteiger partial charge is 0.320 e. The maximum Gasteiger partial charge on any atom is 0.320 e. The van der Waals surface area contributed by atoms with E-state index in [1.807, 2.05) is 9.80 Å². The van der Waals surface area contributed by atoms with Crippen molar-refractivity contribution in [3.8, 4) is 0 Å². The van der Waals surface area contributed by atoms with Gasteiger partial charge in [-0.2, -0.15) is 0 Å². The van der Waals surface area contributed by atoms with E-state index in [-0.39, 0.29) is 18.5 Å². The summed E-state index contributed by atoms with van der Waals surface area (Å²) in [4.78, 5) is 33.4. The highest BCUT2D eigenvalue weighted by molar-refractivity contribution is 5.84. The Kier molecular flexibility index (Phi) is 5.64. The highest BCUT2D eigenvalue weighted by Crippen LogP contribution is 2.22. The molecule has 3 heterocycles. The predicted molar refractivity (Wildman–Crippen MR) is 93.8 cm³/mol. The molecule has 0 N–H and O–H groups in total. The van der Waals surface area contributed by atoms with E-state index in [1.165, 1.54) is 0 Å². The monoisotopic (exact) mass is 336 g/mol. The third kappa shape index (κ3) is 3.85. The molecule has 3 saturated heterocycles. The van der Waals surface area contributed by atoms with Gasteiger partial charge in [0.25, 0.3) is 0 Å². The molecule has 0 bridgehead atoms. The van der Waals surface area contributed by atoms with Crippen LogP contribution in [0.3, 0.4) is 0 Å². The first-order chi connectivity index (χ1) is 11.6. The largest absolute Gasteiger partial charge is 0.341 e. The number of amides is 3. The topological polar surface area (TPSA) is 47.1 Å². The molecular formula is C18H32N4O2. The van der Waals surface area contributed by atoms with Crippen LogP contribution in [0.25, 0.3) is 0 Å². The Morgan fingerprint density at radius 1 is 1.00 bits per heavy atom. The van der Waals surface area contributed by atoms with E-state index in [0.717, 1.165) is 71.4 Å². The second-order valence-electron chi connectivity index (χ2n) is 7.70. The van der Waals surface area contributed by atoms with Crippen molar-refractivity contribution in [3.63, 3.8) is 0 Å². The van der Waals surface area contributed by atoms with E-state index in [9.17, 15) is 9.59 Å². The average molecular weight is 336 g/mol. The van der Waals surface area contributed by atoms with Crippen molar-refractivity contribution in [2.45, 2.75) is 58.0 Å². The Labute approximate surface area is 145 Å². The van der Waals surface area contributed by atoms with Gasteiger partial charge >= 0.3 is 6.03 Å². The number of likely N-dealkylation sites (tertiary alicyclic amines) is 2. The zero-order valence-electron chi connectivity index (χ0n) is 15.2. The summed E-state index contributed by atoms with van der Waals surface area (Å²) in [6.45, 7) is 10.2. The lowest BCUT2D eigenvalue weighted by atomic mass is 10.0. The van der Waals surface area contributed by atoms with Crippen LogP contribution >= 0.6 is 0 Å². The van der Waals surface area contributed by atoms with Crippen LogP contribution in [-0.4, -0.2) is 89.4 Å². The van der Waals surface area contributed by atoms with Gasteiger partial charge in [-0.15, -0.1) is 0 Å². The Morgan fingerprint density at radius 2 is 1.67 bits per heavy atom. The fourth-order valence-electron chi connectivity index (χ4n) is 4.23. The zero-order chi connectivity index (χ0) is 17.1. The minimum absolute atomic E-state index is 0.0804. The van der Waals surface area contributed by atoms with Gasteiger partial charge in [-0.3, -0.25) is 4.79 Å². The Morgan fingerprint density at radius 3 is 2.29 bits per heavy atom. The molecule has 24 heavy (non-hydrogen) atoms. The van der Waals surface area contributed by atoms with Crippen LogP contribution in [0.1, 0.15) is 46.0 Å². The van der Waals surface area contributed by atoms with Gasteiger partial charge in [-0.05, 0) is 46.0 Å². The number of piperidine rings is 1. The quantitative estimate of drug-likeness (QED) is 0.784. The highest BCUT2D eigenvalue weighted by atomic mass is 16.2. The van der Waals surface area contributed by atoms with Gasteiger partial charge in [0.05, 0.1) is 0 Å². The molecule has 3 fully saturated rings. The Bertz CT molecular complexity index is 454. The third-order valence-corrected chi connectivity index (χ3v) is 5.80. The molecule has 6 heteroatoms. The molecule has 3 rings (SSSR count). The third-order valence-electron chi connectivity index (χ3n) is 5.80. The van der Waals surface area contributed by atoms with Gasteiger partial charge < -0.3 is 19.6 Å². The SMILES string of the molecule is CC(C)N1CCC(N2CCCN(CC(=O)N3CCCC3)C2=O)CC1. The van der Waals surface area contributed by atoms with Crippen molar-refractivity contribution >= 4 is 11.9 Å². The van der Waals surface area contributed by atoms with Gasteiger partial charge in [-0.1, -0.05) is 0 Å². The number of rotatable bonds is 4. The lowest BCUT2D eigenvalue weighted by molar-refractivity contribution is -0.131. The second kappa shape index (κ2) is 7.72. The summed E-state index contributed by atoms with van der Waals surface area (Å²) in [6, 6.07) is 1.01. The van der Waals surface area contributed by atoms with E-state index < -0.39 is 0 Å². The van der Waals surface area contributed by atoms with Gasteiger partial charge in [0, 0.05) is 51.4 Å². The average Bonchev–Trinajstić information content (AvgIpc) is 3.11. The first kappa shape index (κ1) is 17.5. The summed E-state index contributed by atoms with van der Waals surface area (Å²) in [7, 11) is 0. The standard InChI is InChI=1S/C18H32N4O2/c1-15(2)19-12-6-16(7-13-19)22-11-5-10-21(18(22)24)14-17(23)20-8-3-4-9-20/h15-16H,3-14H2,1-2H3. The van der Waals surface area contributed by atoms with Crippen LogP contribution in [0.4, 0.5) is 4.79 Å². The number of urea groups is 1. The second-order valence-corrected chi connectivity index (χ2v) is 7.70. The lowest BCUT2D eigenvalue weighted by Gasteiger charge is -2.44. The number of hydrogen-bond acceptors (Lipinski definition) is 3. The fourth-order valence-corrected chi connectivity index (χ4v) is 4.23. The van der Waals surface area contributed by atoms with E-state index >= 15 is 0 Å². The molecule has 0 atom stereocenters. The summed E-state index contributed by atoms with van der Waals surface area (Å²) in [5.74, 6) is 0.123. The lowest BCUT2D eigenvalue weighted by Crippen LogP contribution is -2.57. The van der Waals surface area contributed by atoms with Gasteiger partial charge in [-0.25, -0.2) is 4.79 Å². The molecule has 0 aromatic carbocycles. The Hall–Kier alpha value is -1.30. The Balaban J connectivity index is 1.54. The maximum atomic E-state index is 12.9. The predicted octanol–water partition coefficient (Wildman–Crippen LogP) is 1.61. The summed E-state index contributed by atoms with van der Waals surface area (Å²) in [5.41, 5.74) is 0. The van der Waals surface area contributed by atoms with Crippen molar-refractivity contribution in [1.82, 2.24) is 19.6 Å². The van der Waals surface area contributed by atoms with Crippen molar-refractivity contribution in [2.24, 2.45) is 0 Å². The summed E-state index contributed by atoms with van der Waals surface area (Å²) < 4.78 is 0. The molecule has 0 saturated carbocycles. The summed E-state index contributed by atoms with van der Waals surface area (Å²) in [6.07, 6.45) is 5.28. The van der Waals surface area contributed by atoms with Crippen LogP contribution < -0.4 is 0 Å². The van der Waals surface area contributed by atoms with Gasteiger partial charge in [0.15, 0.2) is 0 Å². The first-order valence-electron chi connectivity index (χ1n) is 9.63. The van der Waals surface area contributed by atoms with Gasteiger partial charge in [0.1, 0.15) is 6.54 Å². The van der Waals surface area contributed by atoms with Crippen molar-refractivity contribution in [3.05, 3.63) is 0 Å². The summed E-state index contributed by atoms with van der Waals surface area (Å²) >= 11 is 0. The molecule has 0 unspecified atom stereocenters. The summed E-state index contributed by atoms with van der Waals surface area (Å²) in [5, 5.41) is 0. The molecule has 3 aliphatic rings. The molecule has 0 aromatic rings. The van der Waals surface area contributed by atoms with Crippen LogP contribution in [0.15, 0.2) is 0 Å². The molecule has 0 spiro atoms. The minimum Gasteiger partial charge on any atom is -0.341 e. The van der Waals surface area contributed by atoms with Crippen LogP contribution in [0, 0.1) is 0 Å².